The third-order valence-corrected chi connectivity index (χ3v) is 5.02. The van der Waals surface area contributed by atoms with Gasteiger partial charge in [0.2, 0.25) is 10.0 Å². The van der Waals surface area contributed by atoms with E-state index in [0.717, 1.165) is 11.1 Å². The van der Waals surface area contributed by atoms with Gasteiger partial charge in [0.25, 0.3) is 0 Å². The quantitative estimate of drug-likeness (QED) is 0.716. The lowest BCUT2D eigenvalue weighted by molar-refractivity contribution is 0.413. The van der Waals surface area contributed by atoms with Gasteiger partial charge in [-0.25, -0.2) is 13.1 Å². The van der Waals surface area contributed by atoms with Crippen molar-refractivity contribution in [3.05, 3.63) is 89.8 Å². The van der Waals surface area contributed by atoms with Crippen LogP contribution in [-0.2, 0) is 15.8 Å². The SMILES string of the molecule is O=S(=O)(Cc1ccon1)NCC(c1ccccc1)c1ccccc1. The van der Waals surface area contributed by atoms with Crippen LogP contribution in [0.5, 0.6) is 0 Å². The highest BCUT2D eigenvalue weighted by Crippen LogP contribution is 2.24. The number of sulfonamides is 1. The van der Waals surface area contributed by atoms with Crippen LogP contribution < -0.4 is 4.72 Å². The predicted molar refractivity (Wildman–Crippen MR) is 91.9 cm³/mol. The number of hydrogen-bond acceptors (Lipinski definition) is 4. The van der Waals surface area contributed by atoms with Crippen LogP contribution in [0.15, 0.2) is 77.5 Å². The van der Waals surface area contributed by atoms with E-state index in [0.29, 0.717) is 5.69 Å². The Morgan fingerprint density at radius 3 is 2.00 bits per heavy atom. The van der Waals surface area contributed by atoms with Crippen LogP contribution in [0, 0.1) is 0 Å². The van der Waals surface area contributed by atoms with Gasteiger partial charge in [0.1, 0.15) is 12.0 Å². The molecule has 0 radical (unpaired) electrons. The van der Waals surface area contributed by atoms with Crippen molar-refractivity contribution in [3.8, 4) is 0 Å². The Bertz CT molecular complexity index is 808. The van der Waals surface area contributed by atoms with Crippen LogP contribution in [0.25, 0.3) is 0 Å². The van der Waals surface area contributed by atoms with Crippen molar-refractivity contribution in [3.63, 3.8) is 0 Å². The summed E-state index contributed by atoms with van der Waals surface area (Å²) in [6.45, 7) is 0.286. The maximum Gasteiger partial charge on any atom is 0.217 e. The molecule has 0 unspecified atom stereocenters. The first-order valence-electron chi connectivity index (χ1n) is 7.60. The molecule has 1 aromatic heterocycles. The molecule has 0 aliphatic heterocycles. The Hall–Kier alpha value is -2.44. The van der Waals surface area contributed by atoms with Gasteiger partial charge < -0.3 is 4.52 Å². The zero-order valence-corrected chi connectivity index (χ0v) is 13.8. The Labute approximate surface area is 141 Å². The zero-order chi connectivity index (χ0) is 16.8. The zero-order valence-electron chi connectivity index (χ0n) is 13.0. The molecule has 5 nitrogen and oxygen atoms in total. The molecule has 0 aliphatic carbocycles. The van der Waals surface area contributed by atoms with Crippen molar-refractivity contribution in [2.24, 2.45) is 0 Å². The van der Waals surface area contributed by atoms with E-state index in [-0.39, 0.29) is 18.2 Å². The van der Waals surface area contributed by atoms with Crippen LogP contribution >= 0.6 is 0 Å². The van der Waals surface area contributed by atoms with Gasteiger partial charge in [0, 0.05) is 18.5 Å². The first kappa shape index (κ1) is 16.4. The number of aromatic nitrogens is 1. The summed E-state index contributed by atoms with van der Waals surface area (Å²) in [6, 6.07) is 21.3. The second-order valence-electron chi connectivity index (χ2n) is 5.47. The largest absolute Gasteiger partial charge is 0.364 e. The monoisotopic (exact) mass is 342 g/mol. The van der Waals surface area contributed by atoms with Crippen molar-refractivity contribution in [2.45, 2.75) is 11.7 Å². The molecule has 3 rings (SSSR count). The third-order valence-electron chi connectivity index (χ3n) is 3.74. The van der Waals surface area contributed by atoms with E-state index in [4.69, 9.17) is 0 Å². The maximum atomic E-state index is 12.3. The highest BCUT2D eigenvalue weighted by atomic mass is 32.2. The van der Waals surface area contributed by atoms with E-state index in [1.807, 2.05) is 60.7 Å². The molecule has 6 heteroatoms. The smallest absolute Gasteiger partial charge is 0.217 e. The number of nitrogens with one attached hydrogen (secondary N) is 1. The van der Waals surface area contributed by atoms with E-state index < -0.39 is 10.0 Å². The van der Waals surface area contributed by atoms with E-state index >= 15 is 0 Å². The molecule has 0 saturated heterocycles. The minimum absolute atomic E-state index is 0.0560. The van der Waals surface area contributed by atoms with Crippen LogP contribution in [0.3, 0.4) is 0 Å². The average Bonchev–Trinajstić information content (AvgIpc) is 3.09. The van der Waals surface area contributed by atoms with E-state index in [9.17, 15) is 8.42 Å². The molecule has 0 spiro atoms. The minimum Gasteiger partial charge on any atom is -0.364 e. The van der Waals surface area contributed by atoms with Gasteiger partial charge >= 0.3 is 0 Å². The average molecular weight is 342 g/mol. The third kappa shape index (κ3) is 4.31. The van der Waals surface area contributed by atoms with Gasteiger partial charge in [0.15, 0.2) is 0 Å². The molecular formula is C18H18N2O3S. The molecule has 0 aliphatic rings. The maximum absolute atomic E-state index is 12.3. The Kier molecular flexibility index (Phi) is 5.08. The highest BCUT2D eigenvalue weighted by Gasteiger charge is 2.19. The van der Waals surface area contributed by atoms with Crippen LogP contribution in [0.2, 0.25) is 0 Å². The number of rotatable bonds is 7. The summed E-state index contributed by atoms with van der Waals surface area (Å²) in [5, 5.41) is 3.65. The van der Waals surface area contributed by atoms with Gasteiger partial charge in [-0.3, -0.25) is 0 Å². The van der Waals surface area contributed by atoms with Gasteiger partial charge in [-0.2, -0.15) is 0 Å². The molecule has 124 valence electrons. The lowest BCUT2D eigenvalue weighted by Crippen LogP contribution is -2.30. The first-order valence-corrected chi connectivity index (χ1v) is 9.26. The summed E-state index contributed by atoms with van der Waals surface area (Å²) in [5.41, 5.74) is 2.51. The Morgan fingerprint density at radius 1 is 0.917 bits per heavy atom. The summed E-state index contributed by atoms with van der Waals surface area (Å²) in [7, 11) is -3.49. The summed E-state index contributed by atoms with van der Waals surface area (Å²) in [6.07, 6.45) is 1.36. The van der Waals surface area contributed by atoms with Gasteiger partial charge in [0.05, 0.1) is 5.69 Å². The van der Waals surface area contributed by atoms with Crippen molar-refractivity contribution in [1.29, 1.82) is 0 Å². The Balaban J connectivity index is 1.77. The summed E-state index contributed by atoms with van der Waals surface area (Å²) >= 11 is 0. The van der Waals surface area contributed by atoms with E-state index in [1.165, 1.54) is 6.26 Å². The lowest BCUT2D eigenvalue weighted by atomic mass is 9.92. The van der Waals surface area contributed by atoms with Crippen LogP contribution in [0.1, 0.15) is 22.7 Å². The molecule has 0 amide bonds. The fourth-order valence-corrected chi connectivity index (χ4v) is 3.63. The second-order valence-corrected chi connectivity index (χ2v) is 7.28. The highest BCUT2D eigenvalue weighted by molar-refractivity contribution is 7.88. The molecule has 0 fully saturated rings. The topological polar surface area (TPSA) is 72.2 Å². The predicted octanol–water partition coefficient (Wildman–Crippen LogP) is 2.93. The van der Waals surface area contributed by atoms with Crippen molar-refractivity contribution in [1.82, 2.24) is 9.88 Å². The van der Waals surface area contributed by atoms with Crippen molar-refractivity contribution in [2.75, 3.05) is 6.54 Å². The summed E-state index contributed by atoms with van der Waals surface area (Å²) < 4.78 is 31.9. The standard InChI is InChI=1S/C18H18N2O3S/c21-24(22,14-17-11-12-23-20-17)19-13-18(15-7-3-1-4-8-15)16-9-5-2-6-10-16/h1-12,18-19H,13-14H2. The molecule has 24 heavy (non-hydrogen) atoms. The van der Waals surface area contributed by atoms with Crippen LogP contribution in [0.4, 0.5) is 0 Å². The molecule has 3 aromatic rings. The summed E-state index contributed by atoms with van der Waals surface area (Å²) in [5.74, 6) is -0.251. The first-order chi connectivity index (χ1) is 11.6. The second kappa shape index (κ2) is 7.42. The van der Waals surface area contributed by atoms with Crippen LogP contribution in [-0.4, -0.2) is 20.1 Å². The van der Waals surface area contributed by atoms with Crippen molar-refractivity contribution >= 4 is 10.0 Å². The molecule has 0 atom stereocenters. The van der Waals surface area contributed by atoms with Crippen molar-refractivity contribution < 1.29 is 12.9 Å². The fraction of sp³-hybridized carbons (Fsp3) is 0.167. The lowest BCUT2D eigenvalue weighted by Gasteiger charge is -2.18. The van der Waals surface area contributed by atoms with Gasteiger partial charge in [-0.05, 0) is 11.1 Å². The molecular weight excluding hydrogens is 324 g/mol. The van der Waals surface area contributed by atoms with E-state index in [2.05, 4.69) is 14.4 Å². The molecule has 2 aromatic carbocycles. The fourth-order valence-electron chi connectivity index (χ4n) is 2.57. The normalized spacial score (nSPS) is 11.7. The number of hydrogen-bond donors (Lipinski definition) is 1. The van der Waals surface area contributed by atoms with Gasteiger partial charge in [-0.1, -0.05) is 65.8 Å². The molecule has 1 N–H and O–H groups in total. The molecule has 1 heterocycles. The van der Waals surface area contributed by atoms with Gasteiger partial charge in [-0.15, -0.1) is 0 Å². The summed E-state index contributed by atoms with van der Waals surface area (Å²) in [4.78, 5) is 0. The molecule has 0 saturated carbocycles. The van der Waals surface area contributed by atoms with E-state index in [1.54, 1.807) is 6.07 Å². The number of benzene rings is 2. The minimum atomic E-state index is -3.49. The Morgan fingerprint density at radius 2 is 1.50 bits per heavy atom. The molecule has 0 bridgehead atoms. The number of nitrogens with zero attached hydrogens (tertiary/aromatic N) is 1.